The van der Waals surface area contributed by atoms with Gasteiger partial charge in [0.2, 0.25) is 0 Å². The Morgan fingerprint density at radius 3 is 2.90 bits per heavy atom. The van der Waals surface area contributed by atoms with Crippen LogP contribution in [-0.4, -0.2) is 54.7 Å². The van der Waals surface area contributed by atoms with Crippen molar-refractivity contribution >= 4 is 35.0 Å². The predicted octanol–water partition coefficient (Wildman–Crippen LogP) is 1.90. The van der Waals surface area contributed by atoms with Crippen LogP contribution in [0, 0.1) is 0 Å². The van der Waals surface area contributed by atoms with Gasteiger partial charge < -0.3 is 30.4 Å². The van der Waals surface area contributed by atoms with Crippen molar-refractivity contribution in [2.75, 3.05) is 39.3 Å². The van der Waals surface area contributed by atoms with Crippen molar-refractivity contribution < 1.29 is 19.3 Å². The quantitative estimate of drug-likeness (QED) is 0.492. The van der Waals surface area contributed by atoms with E-state index in [0.717, 1.165) is 20.4 Å². The third-order valence-corrected chi connectivity index (χ3v) is 7.00. The number of aromatic nitrogens is 2. The summed E-state index contributed by atoms with van der Waals surface area (Å²) in [4.78, 5) is 19.5. The summed E-state index contributed by atoms with van der Waals surface area (Å²) >= 11 is 2.81. The molecule has 1 unspecified atom stereocenters. The van der Waals surface area contributed by atoms with Crippen LogP contribution in [0.2, 0.25) is 0 Å². The Bertz CT molecular complexity index is 1040. The van der Waals surface area contributed by atoms with Gasteiger partial charge in [0.05, 0.1) is 29.2 Å². The van der Waals surface area contributed by atoms with Crippen molar-refractivity contribution in [3.8, 4) is 5.75 Å². The summed E-state index contributed by atoms with van der Waals surface area (Å²) in [7, 11) is 3.06. The lowest BCUT2D eigenvalue weighted by atomic mass is 10.2. The monoisotopic (exact) mass is 450 g/mol. The first-order valence-corrected chi connectivity index (χ1v) is 10.9. The molecular formula is C19H22N4O5S2. The molecule has 2 aromatic rings. The zero-order chi connectivity index (χ0) is 21.3. The highest BCUT2D eigenvalue weighted by atomic mass is 32.2. The number of nitrogens with zero attached hydrogens (tertiary/aromatic N) is 2. The van der Waals surface area contributed by atoms with Gasteiger partial charge in [0.1, 0.15) is 29.6 Å². The van der Waals surface area contributed by atoms with Gasteiger partial charge in [-0.15, -0.1) is 0 Å². The van der Waals surface area contributed by atoms with Gasteiger partial charge in [-0.3, -0.25) is 4.57 Å². The molecule has 3 heterocycles. The van der Waals surface area contributed by atoms with Crippen molar-refractivity contribution in [3.05, 3.63) is 45.5 Å². The molecule has 11 heteroatoms. The molecular weight excluding hydrogens is 428 g/mol. The number of benzene rings is 1. The number of nitrogens with one attached hydrogen (secondary N) is 1. The fraction of sp³-hybridized carbons (Fsp3) is 0.368. The molecule has 0 saturated carbocycles. The first-order valence-electron chi connectivity index (χ1n) is 9.22. The van der Waals surface area contributed by atoms with E-state index in [9.17, 15) is 9.90 Å². The van der Waals surface area contributed by atoms with Crippen LogP contribution >= 0.6 is 23.5 Å². The molecule has 0 saturated heterocycles. The second-order valence-electron chi connectivity index (χ2n) is 6.51. The average molecular weight is 451 g/mol. The Morgan fingerprint density at radius 1 is 1.33 bits per heavy atom. The predicted molar refractivity (Wildman–Crippen MR) is 115 cm³/mol. The molecule has 9 nitrogen and oxygen atoms in total. The molecule has 160 valence electrons. The minimum absolute atomic E-state index is 0.295. The van der Waals surface area contributed by atoms with E-state index in [1.54, 1.807) is 13.3 Å². The summed E-state index contributed by atoms with van der Waals surface area (Å²) in [5.74, 6) is 1.52. The Morgan fingerprint density at radius 2 is 2.17 bits per heavy atom. The number of methoxy groups -OCH3 is 2. The van der Waals surface area contributed by atoms with E-state index < -0.39 is 17.2 Å². The molecule has 4 rings (SSSR count). The maximum absolute atomic E-state index is 12.8. The number of anilines is 2. The number of fused-ring (bicyclic) bond motifs is 2. The maximum atomic E-state index is 12.8. The summed E-state index contributed by atoms with van der Waals surface area (Å²) in [5.41, 5.74) is 5.82. The number of para-hydroxylation sites is 1. The topological polar surface area (TPSA) is 121 Å². The Kier molecular flexibility index (Phi) is 6.25. The van der Waals surface area contributed by atoms with Gasteiger partial charge in [-0.05, 0) is 12.1 Å². The second-order valence-corrected chi connectivity index (χ2v) is 8.81. The standard InChI is InChI=1S/C19H22N4O5S2/c1-26-9-13-16(27-2)15(24)18(30-13)23-8-12-17(22-19(23)25)21-14-10(28-7-6-20)4-3-5-11(14)29-12/h3-5,8,15,18,24H,6-7,9,20H2,1-2H3,(H,21,22,25)/t15?,18-/m1/s1. The van der Waals surface area contributed by atoms with Crippen molar-refractivity contribution in [2.24, 2.45) is 5.73 Å². The molecule has 2 aliphatic rings. The van der Waals surface area contributed by atoms with E-state index in [0.29, 0.717) is 37.1 Å². The van der Waals surface area contributed by atoms with Crippen molar-refractivity contribution in [1.82, 2.24) is 9.55 Å². The van der Waals surface area contributed by atoms with Crippen LogP contribution in [0.15, 0.2) is 49.6 Å². The van der Waals surface area contributed by atoms with Gasteiger partial charge in [0, 0.05) is 24.7 Å². The van der Waals surface area contributed by atoms with Gasteiger partial charge in [-0.25, -0.2) is 4.79 Å². The maximum Gasteiger partial charge on any atom is 0.350 e. The third-order valence-electron chi connectivity index (χ3n) is 4.59. The average Bonchev–Trinajstić information content (AvgIpc) is 3.05. The highest BCUT2D eigenvalue weighted by Gasteiger charge is 2.38. The minimum Gasteiger partial charge on any atom is -0.497 e. The zero-order valence-electron chi connectivity index (χ0n) is 16.5. The SMILES string of the molecule is COCC1=C(OC)C(O)[C@H](n2cc3c(nc2=O)Nc2c(OCCN)cccc2S3)S1. The summed E-state index contributed by atoms with van der Waals surface area (Å²) < 4.78 is 17.7. The first kappa shape index (κ1) is 21.1. The van der Waals surface area contributed by atoms with Crippen LogP contribution in [0.25, 0.3) is 0 Å². The van der Waals surface area contributed by atoms with E-state index in [1.807, 2.05) is 18.2 Å². The molecule has 0 aliphatic carbocycles. The summed E-state index contributed by atoms with van der Waals surface area (Å²) in [6.45, 7) is 1.09. The largest absolute Gasteiger partial charge is 0.497 e. The summed E-state index contributed by atoms with van der Waals surface area (Å²) in [5, 5.41) is 13.3. The molecule has 30 heavy (non-hydrogen) atoms. The van der Waals surface area contributed by atoms with Crippen molar-refractivity contribution in [3.63, 3.8) is 0 Å². The fourth-order valence-electron chi connectivity index (χ4n) is 3.29. The molecule has 1 aromatic heterocycles. The Balaban J connectivity index is 1.65. The highest BCUT2D eigenvalue weighted by molar-refractivity contribution is 8.03. The first-order chi connectivity index (χ1) is 14.6. The lowest BCUT2D eigenvalue weighted by Crippen LogP contribution is -2.32. The number of hydrogen-bond donors (Lipinski definition) is 3. The molecule has 0 amide bonds. The number of hydrogen-bond acceptors (Lipinski definition) is 10. The van der Waals surface area contributed by atoms with Gasteiger partial charge >= 0.3 is 5.69 Å². The lowest BCUT2D eigenvalue weighted by molar-refractivity contribution is 0.111. The zero-order valence-corrected chi connectivity index (χ0v) is 18.1. The van der Waals surface area contributed by atoms with E-state index in [-0.39, 0.29) is 0 Å². The number of aliphatic hydroxyl groups is 1. The molecule has 2 atom stereocenters. The Hall–Kier alpha value is -2.18. The number of thioether (sulfide) groups is 1. The van der Waals surface area contributed by atoms with Crippen molar-refractivity contribution in [2.45, 2.75) is 21.3 Å². The Labute approximate surface area is 181 Å². The number of rotatable bonds is 7. The lowest BCUT2D eigenvalue weighted by Gasteiger charge is -2.24. The molecule has 4 N–H and O–H groups in total. The summed E-state index contributed by atoms with van der Waals surface area (Å²) in [6.07, 6.45) is 0.732. The van der Waals surface area contributed by atoms with Crippen LogP contribution < -0.4 is 21.5 Å². The molecule has 1 aromatic carbocycles. The van der Waals surface area contributed by atoms with Gasteiger partial charge in [0.25, 0.3) is 0 Å². The van der Waals surface area contributed by atoms with Crippen molar-refractivity contribution in [1.29, 1.82) is 0 Å². The van der Waals surface area contributed by atoms with Crippen LogP contribution in [0.4, 0.5) is 11.5 Å². The van der Waals surface area contributed by atoms with Crippen LogP contribution in [-0.2, 0) is 9.47 Å². The molecule has 0 fully saturated rings. The van der Waals surface area contributed by atoms with Crippen LogP contribution in [0.3, 0.4) is 0 Å². The van der Waals surface area contributed by atoms with E-state index in [1.165, 1.54) is 35.2 Å². The van der Waals surface area contributed by atoms with E-state index >= 15 is 0 Å². The second kappa shape index (κ2) is 8.90. The normalized spacial score (nSPS) is 19.9. The molecule has 0 spiro atoms. The van der Waals surface area contributed by atoms with Crippen LogP contribution in [0.1, 0.15) is 5.37 Å². The van der Waals surface area contributed by atoms with Gasteiger partial charge in [-0.2, -0.15) is 4.98 Å². The van der Waals surface area contributed by atoms with E-state index in [2.05, 4.69) is 10.3 Å². The third kappa shape index (κ3) is 3.79. The van der Waals surface area contributed by atoms with Gasteiger partial charge in [-0.1, -0.05) is 29.6 Å². The molecule has 0 bridgehead atoms. The highest BCUT2D eigenvalue weighted by Crippen LogP contribution is 2.48. The molecule has 2 aliphatic heterocycles. The van der Waals surface area contributed by atoms with E-state index in [4.69, 9.17) is 19.9 Å². The van der Waals surface area contributed by atoms with Gasteiger partial charge in [0.15, 0.2) is 5.82 Å². The minimum atomic E-state index is -0.979. The number of ether oxygens (including phenoxy) is 3. The number of nitrogens with two attached hydrogens (primary N) is 1. The smallest absolute Gasteiger partial charge is 0.350 e. The fourth-order valence-corrected chi connectivity index (χ4v) is 5.60. The molecule has 0 radical (unpaired) electrons. The summed E-state index contributed by atoms with van der Waals surface area (Å²) in [6, 6.07) is 5.70. The van der Waals surface area contributed by atoms with Crippen LogP contribution in [0.5, 0.6) is 5.75 Å². The number of aliphatic hydroxyl groups excluding tert-OH is 1.